The largest absolute Gasteiger partial charge is 0.489 e. The first-order valence-corrected chi connectivity index (χ1v) is 5.54. The number of nitrogens with two attached hydrogens (primary N) is 1. The van der Waals surface area contributed by atoms with Crippen LogP contribution in [0.15, 0.2) is 24.5 Å². The number of ether oxygens (including phenoxy) is 2. The molecule has 0 saturated heterocycles. The molecule has 0 aliphatic heterocycles. The Hall–Kier alpha value is -3.01. The lowest BCUT2D eigenvalue weighted by Crippen LogP contribution is -2.11. The van der Waals surface area contributed by atoms with Gasteiger partial charge in [-0.2, -0.15) is 4.98 Å². The monoisotopic (exact) mass is 295 g/mol. The second-order valence-corrected chi connectivity index (χ2v) is 3.68. The second-order valence-electron chi connectivity index (χ2n) is 3.68. The molecule has 2 aromatic rings. The average Bonchev–Trinajstić information content (AvgIpc) is 2.48. The summed E-state index contributed by atoms with van der Waals surface area (Å²) in [6.45, 7) is 0. The van der Waals surface area contributed by atoms with Gasteiger partial charge in [0.05, 0.1) is 18.1 Å². The van der Waals surface area contributed by atoms with Gasteiger partial charge in [-0.05, 0) is 6.07 Å². The summed E-state index contributed by atoms with van der Waals surface area (Å²) in [5.74, 6) is 4.21. The number of benzene rings is 1. The van der Waals surface area contributed by atoms with Gasteiger partial charge in [-0.15, -0.1) is 0 Å². The van der Waals surface area contributed by atoms with E-state index < -0.39 is 10.7 Å². The van der Waals surface area contributed by atoms with Gasteiger partial charge in [-0.3, -0.25) is 10.1 Å². The Labute approximate surface area is 117 Å². The smallest absolute Gasteiger partial charge is 0.272 e. The number of nitrogens with zero attached hydrogens (tertiary/aromatic N) is 3. The highest BCUT2D eigenvalue weighted by Crippen LogP contribution is 2.35. The van der Waals surface area contributed by atoms with Crippen molar-refractivity contribution in [3.63, 3.8) is 0 Å². The average molecular weight is 295 g/mol. The molecule has 21 heavy (non-hydrogen) atoms. The van der Waals surface area contributed by atoms with Crippen molar-refractivity contribution < 1.29 is 18.8 Å². The van der Waals surface area contributed by atoms with Crippen molar-refractivity contribution in [2.75, 3.05) is 12.5 Å². The number of hydrogen-bond donors (Lipinski definition) is 2. The minimum absolute atomic E-state index is 0.0674. The molecule has 0 atom stereocenters. The standard InChI is InChI=1S/C11H10FN5O4/c1-20-9-10(16-13)14-5-15-11(9)21-8-3-2-6(17(18)19)4-7(8)12/h2-5H,13H2,1H3,(H,14,15,16). The van der Waals surface area contributed by atoms with Crippen molar-refractivity contribution in [3.05, 3.63) is 40.5 Å². The van der Waals surface area contributed by atoms with Crippen LogP contribution in [0.5, 0.6) is 17.4 Å². The summed E-state index contributed by atoms with van der Waals surface area (Å²) < 4.78 is 24.0. The third-order valence-electron chi connectivity index (χ3n) is 2.44. The van der Waals surface area contributed by atoms with Crippen LogP contribution in [0.3, 0.4) is 0 Å². The Kier molecular flexibility index (Phi) is 4.09. The molecule has 0 aliphatic carbocycles. The van der Waals surface area contributed by atoms with Crippen LogP contribution in [0.1, 0.15) is 0 Å². The fraction of sp³-hybridized carbons (Fsp3) is 0.0909. The van der Waals surface area contributed by atoms with Gasteiger partial charge in [0.1, 0.15) is 6.33 Å². The fourth-order valence-corrected chi connectivity index (χ4v) is 1.51. The van der Waals surface area contributed by atoms with E-state index in [-0.39, 0.29) is 28.9 Å². The van der Waals surface area contributed by atoms with Crippen LogP contribution < -0.4 is 20.7 Å². The molecule has 1 aromatic carbocycles. The maximum Gasteiger partial charge on any atom is 0.272 e. The molecule has 0 fully saturated rings. The maximum absolute atomic E-state index is 13.8. The maximum atomic E-state index is 13.8. The van der Waals surface area contributed by atoms with E-state index in [4.69, 9.17) is 15.3 Å². The molecule has 1 heterocycles. The molecular weight excluding hydrogens is 285 g/mol. The Bertz CT molecular complexity index is 682. The van der Waals surface area contributed by atoms with Crippen molar-refractivity contribution in [3.8, 4) is 17.4 Å². The van der Waals surface area contributed by atoms with Gasteiger partial charge >= 0.3 is 0 Å². The molecule has 0 aliphatic rings. The number of halogens is 1. The molecule has 0 unspecified atom stereocenters. The van der Waals surface area contributed by atoms with Gasteiger partial charge in [0.25, 0.3) is 11.6 Å². The molecular formula is C11H10FN5O4. The van der Waals surface area contributed by atoms with E-state index in [0.29, 0.717) is 0 Å². The number of rotatable bonds is 5. The van der Waals surface area contributed by atoms with E-state index in [2.05, 4.69) is 15.4 Å². The summed E-state index contributed by atoms with van der Waals surface area (Å²) in [5.41, 5.74) is 1.88. The minimum atomic E-state index is -0.910. The lowest BCUT2D eigenvalue weighted by molar-refractivity contribution is -0.385. The predicted molar refractivity (Wildman–Crippen MR) is 69.5 cm³/mol. The zero-order valence-corrected chi connectivity index (χ0v) is 10.7. The molecule has 0 spiro atoms. The number of nitrogens with one attached hydrogen (secondary N) is 1. The number of nitrogen functional groups attached to an aromatic ring is 1. The fourth-order valence-electron chi connectivity index (χ4n) is 1.51. The van der Waals surface area contributed by atoms with Gasteiger partial charge < -0.3 is 14.9 Å². The van der Waals surface area contributed by atoms with Crippen molar-refractivity contribution >= 4 is 11.5 Å². The third-order valence-corrected chi connectivity index (χ3v) is 2.44. The molecule has 0 amide bonds. The summed E-state index contributed by atoms with van der Waals surface area (Å²) in [7, 11) is 1.33. The molecule has 1 aromatic heterocycles. The normalized spacial score (nSPS) is 10.0. The molecule has 0 saturated carbocycles. The first kappa shape index (κ1) is 14.4. The summed E-state index contributed by atoms with van der Waals surface area (Å²) in [4.78, 5) is 17.4. The Morgan fingerprint density at radius 1 is 1.43 bits per heavy atom. The van der Waals surface area contributed by atoms with Gasteiger partial charge in [-0.1, -0.05) is 0 Å². The number of nitro benzene ring substituents is 1. The number of nitro groups is 1. The van der Waals surface area contributed by atoms with Crippen molar-refractivity contribution in [1.82, 2.24) is 9.97 Å². The van der Waals surface area contributed by atoms with Crippen LogP contribution in [-0.4, -0.2) is 22.0 Å². The molecule has 0 bridgehead atoms. The van der Waals surface area contributed by atoms with E-state index >= 15 is 0 Å². The zero-order chi connectivity index (χ0) is 15.4. The van der Waals surface area contributed by atoms with E-state index in [0.717, 1.165) is 24.5 Å². The van der Waals surface area contributed by atoms with Crippen molar-refractivity contribution in [2.45, 2.75) is 0 Å². The van der Waals surface area contributed by atoms with Gasteiger partial charge in [0.2, 0.25) is 5.75 Å². The number of methoxy groups -OCH3 is 1. The highest BCUT2D eigenvalue weighted by Gasteiger charge is 2.17. The lowest BCUT2D eigenvalue weighted by atomic mass is 10.3. The summed E-state index contributed by atoms with van der Waals surface area (Å²) >= 11 is 0. The molecule has 3 N–H and O–H groups in total. The number of hydrazine groups is 1. The molecule has 9 nitrogen and oxygen atoms in total. The first-order valence-electron chi connectivity index (χ1n) is 5.54. The van der Waals surface area contributed by atoms with E-state index in [1.807, 2.05) is 0 Å². The Morgan fingerprint density at radius 2 is 2.19 bits per heavy atom. The lowest BCUT2D eigenvalue weighted by Gasteiger charge is -2.11. The van der Waals surface area contributed by atoms with Crippen molar-refractivity contribution in [1.29, 1.82) is 0 Å². The number of hydrogen-bond acceptors (Lipinski definition) is 8. The summed E-state index contributed by atoms with van der Waals surface area (Å²) in [6, 6.07) is 2.96. The number of anilines is 1. The van der Waals surface area contributed by atoms with Crippen LogP contribution in [0.4, 0.5) is 15.9 Å². The summed E-state index contributed by atoms with van der Waals surface area (Å²) in [5, 5.41) is 10.5. The molecule has 2 rings (SSSR count). The van der Waals surface area contributed by atoms with Crippen LogP contribution in [-0.2, 0) is 0 Å². The molecule has 0 radical (unpaired) electrons. The predicted octanol–water partition coefficient (Wildman–Crippen LogP) is 1.61. The van der Waals surface area contributed by atoms with E-state index in [1.54, 1.807) is 0 Å². The van der Waals surface area contributed by atoms with Crippen LogP contribution in [0.2, 0.25) is 0 Å². The zero-order valence-electron chi connectivity index (χ0n) is 10.7. The van der Waals surface area contributed by atoms with Crippen LogP contribution >= 0.6 is 0 Å². The minimum Gasteiger partial charge on any atom is -0.489 e. The van der Waals surface area contributed by atoms with Crippen molar-refractivity contribution in [2.24, 2.45) is 5.84 Å². The Morgan fingerprint density at radius 3 is 2.76 bits per heavy atom. The van der Waals surface area contributed by atoms with E-state index in [1.165, 1.54) is 7.11 Å². The van der Waals surface area contributed by atoms with Gasteiger partial charge in [0.15, 0.2) is 17.4 Å². The number of non-ortho nitro benzene ring substituents is 1. The first-order chi connectivity index (χ1) is 10.1. The highest BCUT2D eigenvalue weighted by molar-refractivity contribution is 5.55. The quantitative estimate of drug-likeness (QED) is 0.484. The van der Waals surface area contributed by atoms with Crippen LogP contribution in [0.25, 0.3) is 0 Å². The van der Waals surface area contributed by atoms with Gasteiger partial charge in [-0.25, -0.2) is 15.2 Å². The summed E-state index contributed by atoms with van der Waals surface area (Å²) in [6.07, 6.45) is 1.14. The molecule has 110 valence electrons. The van der Waals surface area contributed by atoms with Gasteiger partial charge in [0, 0.05) is 6.07 Å². The SMILES string of the molecule is COc1c(NN)ncnc1Oc1ccc([N+](=O)[O-])cc1F. The second kappa shape index (κ2) is 5.96. The topological polar surface area (TPSA) is 125 Å². The molecule has 10 heteroatoms. The third kappa shape index (κ3) is 2.95. The highest BCUT2D eigenvalue weighted by atomic mass is 19.1. The Balaban J connectivity index is 2.36. The van der Waals surface area contributed by atoms with E-state index in [9.17, 15) is 14.5 Å². The van der Waals surface area contributed by atoms with Crippen LogP contribution in [0, 0.1) is 15.9 Å². The number of aromatic nitrogens is 2.